The normalized spacial score (nSPS) is 22.4. The summed E-state index contributed by atoms with van der Waals surface area (Å²) in [6, 6.07) is 1.40. The van der Waals surface area contributed by atoms with Crippen molar-refractivity contribution >= 4 is 0 Å². The predicted octanol–water partition coefficient (Wildman–Crippen LogP) is 3.08. The fourth-order valence-electron chi connectivity index (χ4n) is 2.26. The van der Waals surface area contributed by atoms with Crippen LogP contribution in [0.2, 0.25) is 0 Å². The third-order valence-electron chi connectivity index (χ3n) is 3.33. The van der Waals surface area contributed by atoms with Crippen molar-refractivity contribution in [3.05, 3.63) is 29.8 Å². The molecule has 1 heterocycles. The maximum Gasteiger partial charge on any atom is 0.248 e. The molecule has 94 valence electrons. The van der Waals surface area contributed by atoms with Crippen molar-refractivity contribution < 1.29 is 18.3 Å². The van der Waals surface area contributed by atoms with E-state index in [9.17, 15) is 18.3 Å². The minimum Gasteiger partial charge on any atom is -0.388 e. The molecule has 2 rings (SSSR count). The lowest BCUT2D eigenvalue weighted by atomic mass is 9.81. The number of pyridine rings is 1. The molecule has 1 N–H and O–H groups in total. The summed E-state index contributed by atoms with van der Waals surface area (Å²) in [5, 5.41) is 9.98. The first kappa shape index (κ1) is 12.4. The Balaban J connectivity index is 2.07. The number of nitrogens with zero attached hydrogens (tertiary/aromatic N) is 1. The highest BCUT2D eigenvalue weighted by Gasteiger charge is 2.38. The molecule has 1 fully saturated rings. The average molecular weight is 245 g/mol. The molecule has 1 unspecified atom stereocenters. The van der Waals surface area contributed by atoms with Gasteiger partial charge in [0.15, 0.2) is 0 Å². The molecule has 0 spiro atoms. The first-order chi connectivity index (χ1) is 7.99. The molecule has 0 aliphatic heterocycles. The summed E-state index contributed by atoms with van der Waals surface area (Å²) < 4.78 is 39.3. The molecule has 0 radical (unpaired) electrons. The van der Waals surface area contributed by atoms with Crippen molar-refractivity contribution in [1.82, 2.24) is 4.98 Å². The van der Waals surface area contributed by atoms with E-state index in [0.717, 1.165) is 6.20 Å². The second kappa shape index (κ2) is 4.64. The van der Waals surface area contributed by atoms with E-state index in [-0.39, 0.29) is 37.2 Å². The van der Waals surface area contributed by atoms with Crippen LogP contribution in [0.4, 0.5) is 13.2 Å². The van der Waals surface area contributed by atoms with Gasteiger partial charge in [-0.3, -0.25) is 4.98 Å². The van der Waals surface area contributed by atoms with Gasteiger partial charge in [0, 0.05) is 24.6 Å². The summed E-state index contributed by atoms with van der Waals surface area (Å²) >= 11 is 0. The fourth-order valence-corrected chi connectivity index (χ4v) is 2.26. The number of aliphatic hydroxyl groups is 1. The number of hydrogen-bond acceptors (Lipinski definition) is 2. The van der Waals surface area contributed by atoms with Gasteiger partial charge in [-0.25, -0.2) is 13.2 Å². The van der Waals surface area contributed by atoms with Gasteiger partial charge in [-0.1, -0.05) is 0 Å². The number of rotatable bonds is 2. The Morgan fingerprint density at radius 2 is 2.00 bits per heavy atom. The molecule has 0 aromatic carbocycles. The third kappa shape index (κ3) is 2.77. The Hall–Kier alpha value is -1.10. The van der Waals surface area contributed by atoms with Gasteiger partial charge in [0.2, 0.25) is 5.92 Å². The smallest absolute Gasteiger partial charge is 0.248 e. The van der Waals surface area contributed by atoms with E-state index >= 15 is 0 Å². The van der Waals surface area contributed by atoms with Gasteiger partial charge >= 0.3 is 0 Å². The zero-order valence-corrected chi connectivity index (χ0v) is 9.24. The van der Waals surface area contributed by atoms with E-state index in [2.05, 4.69) is 4.98 Å². The highest BCUT2D eigenvalue weighted by molar-refractivity contribution is 5.16. The molecule has 1 aliphatic rings. The SMILES string of the molecule is OC(c1ccncc1F)C1CCC(F)(F)CC1. The van der Waals surface area contributed by atoms with E-state index < -0.39 is 17.8 Å². The first-order valence-electron chi connectivity index (χ1n) is 5.65. The predicted molar refractivity (Wildman–Crippen MR) is 56.1 cm³/mol. The van der Waals surface area contributed by atoms with E-state index in [1.807, 2.05) is 0 Å². The monoisotopic (exact) mass is 245 g/mol. The number of alkyl halides is 2. The van der Waals surface area contributed by atoms with Gasteiger partial charge in [-0.05, 0) is 24.8 Å². The zero-order chi connectivity index (χ0) is 12.5. The molecule has 0 saturated heterocycles. The van der Waals surface area contributed by atoms with Gasteiger partial charge in [0.25, 0.3) is 0 Å². The third-order valence-corrected chi connectivity index (χ3v) is 3.33. The minimum atomic E-state index is -2.63. The van der Waals surface area contributed by atoms with Crippen molar-refractivity contribution in [1.29, 1.82) is 0 Å². The van der Waals surface area contributed by atoms with Crippen LogP contribution in [0.5, 0.6) is 0 Å². The van der Waals surface area contributed by atoms with Crippen LogP contribution >= 0.6 is 0 Å². The Morgan fingerprint density at radius 1 is 1.35 bits per heavy atom. The van der Waals surface area contributed by atoms with E-state index in [0.29, 0.717) is 0 Å². The summed E-state index contributed by atoms with van der Waals surface area (Å²) in [6.07, 6.45) is 1.36. The van der Waals surface area contributed by atoms with Gasteiger partial charge in [-0.2, -0.15) is 0 Å². The van der Waals surface area contributed by atoms with Crippen LogP contribution in [0.3, 0.4) is 0 Å². The van der Waals surface area contributed by atoms with Crippen LogP contribution in [0.1, 0.15) is 37.4 Å². The summed E-state index contributed by atoms with van der Waals surface area (Å²) in [6.45, 7) is 0. The first-order valence-corrected chi connectivity index (χ1v) is 5.65. The number of aliphatic hydroxyl groups excluding tert-OH is 1. The molecule has 1 saturated carbocycles. The number of hydrogen-bond donors (Lipinski definition) is 1. The largest absolute Gasteiger partial charge is 0.388 e. The molecule has 1 aromatic heterocycles. The highest BCUT2D eigenvalue weighted by atomic mass is 19.3. The van der Waals surface area contributed by atoms with Crippen LogP contribution in [0, 0.1) is 11.7 Å². The average Bonchev–Trinajstić information content (AvgIpc) is 2.29. The summed E-state index contributed by atoms with van der Waals surface area (Å²) in [5.41, 5.74) is 0.148. The Bertz CT molecular complexity index is 387. The van der Waals surface area contributed by atoms with Crippen molar-refractivity contribution in [3.63, 3.8) is 0 Å². The summed E-state index contributed by atoms with van der Waals surface area (Å²) in [4.78, 5) is 3.59. The molecule has 1 atom stereocenters. The molecule has 0 bridgehead atoms. The van der Waals surface area contributed by atoms with Crippen LogP contribution < -0.4 is 0 Å². The molecule has 1 aliphatic carbocycles. The van der Waals surface area contributed by atoms with E-state index in [1.165, 1.54) is 12.3 Å². The van der Waals surface area contributed by atoms with Crippen molar-refractivity contribution in [2.24, 2.45) is 5.92 Å². The maximum absolute atomic E-state index is 13.4. The molecule has 5 heteroatoms. The Labute approximate surface area is 97.5 Å². The van der Waals surface area contributed by atoms with Crippen LogP contribution in [0.25, 0.3) is 0 Å². The van der Waals surface area contributed by atoms with Gasteiger partial charge in [0.1, 0.15) is 5.82 Å². The van der Waals surface area contributed by atoms with Gasteiger partial charge in [-0.15, -0.1) is 0 Å². The lowest BCUT2D eigenvalue weighted by Gasteiger charge is -2.31. The van der Waals surface area contributed by atoms with E-state index in [1.54, 1.807) is 0 Å². The number of aromatic nitrogens is 1. The molecule has 0 amide bonds. The topological polar surface area (TPSA) is 33.1 Å². The molecular weight excluding hydrogens is 231 g/mol. The molecule has 17 heavy (non-hydrogen) atoms. The van der Waals surface area contributed by atoms with E-state index in [4.69, 9.17) is 0 Å². The molecule has 1 aromatic rings. The van der Waals surface area contributed by atoms with Crippen molar-refractivity contribution in [2.75, 3.05) is 0 Å². The van der Waals surface area contributed by atoms with Crippen LogP contribution in [0.15, 0.2) is 18.5 Å². The van der Waals surface area contributed by atoms with Crippen LogP contribution in [-0.4, -0.2) is 16.0 Å². The standard InChI is InChI=1S/C12H14F3NO/c13-10-7-16-6-3-9(10)11(17)8-1-4-12(14,15)5-2-8/h3,6-8,11,17H,1-2,4-5H2. The molecular formula is C12H14F3NO. The lowest BCUT2D eigenvalue weighted by molar-refractivity contribution is -0.0630. The fraction of sp³-hybridized carbons (Fsp3) is 0.583. The van der Waals surface area contributed by atoms with Gasteiger partial charge in [0.05, 0.1) is 12.3 Å². The van der Waals surface area contributed by atoms with Gasteiger partial charge < -0.3 is 5.11 Å². The Morgan fingerprint density at radius 3 is 2.59 bits per heavy atom. The van der Waals surface area contributed by atoms with Crippen molar-refractivity contribution in [3.8, 4) is 0 Å². The summed E-state index contributed by atoms with van der Waals surface area (Å²) in [7, 11) is 0. The number of halogens is 3. The second-order valence-corrected chi connectivity index (χ2v) is 4.54. The minimum absolute atomic E-state index is 0.148. The zero-order valence-electron chi connectivity index (χ0n) is 9.24. The molecule has 2 nitrogen and oxygen atoms in total. The van der Waals surface area contributed by atoms with Crippen molar-refractivity contribution in [2.45, 2.75) is 37.7 Å². The maximum atomic E-state index is 13.4. The highest BCUT2D eigenvalue weighted by Crippen LogP contribution is 2.41. The van der Waals surface area contributed by atoms with Crippen LogP contribution in [-0.2, 0) is 0 Å². The lowest BCUT2D eigenvalue weighted by Crippen LogP contribution is -2.28. The second-order valence-electron chi connectivity index (χ2n) is 4.54. The quantitative estimate of drug-likeness (QED) is 0.868. The Kier molecular flexibility index (Phi) is 3.38. The summed E-state index contributed by atoms with van der Waals surface area (Å²) in [5.74, 6) is -3.52.